The van der Waals surface area contributed by atoms with Crippen molar-refractivity contribution in [3.63, 3.8) is 0 Å². The Balaban J connectivity index is 2.04. The molecule has 94 valence electrons. The summed E-state index contributed by atoms with van der Waals surface area (Å²) in [6.45, 7) is -0.345. The molecule has 0 aliphatic carbocycles. The van der Waals surface area contributed by atoms with Crippen LogP contribution in [0.1, 0.15) is 18.1 Å². The summed E-state index contributed by atoms with van der Waals surface area (Å²) in [6, 6.07) is 0. The summed E-state index contributed by atoms with van der Waals surface area (Å²) < 4.78 is 6.52. The van der Waals surface area contributed by atoms with E-state index in [-0.39, 0.29) is 18.8 Å². The zero-order valence-electron chi connectivity index (χ0n) is 9.24. The third kappa shape index (κ3) is 1.54. The van der Waals surface area contributed by atoms with Crippen LogP contribution in [0.15, 0.2) is 17.3 Å². The number of aromatic nitrogens is 4. The molecule has 0 amide bonds. The van der Waals surface area contributed by atoms with Gasteiger partial charge >= 0.3 is 5.69 Å². The zero-order valence-corrected chi connectivity index (χ0v) is 9.24. The van der Waals surface area contributed by atoms with Crippen molar-refractivity contribution in [3.8, 4) is 0 Å². The molecule has 8 heteroatoms. The average Bonchev–Trinajstić information content (AvgIpc) is 2.93. The van der Waals surface area contributed by atoms with Crippen LogP contribution in [0.5, 0.6) is 0 Å². The summed E-state index contributed by atoms with van der Waals surface area (Å²) in [5, 5.41) is 12.9. The largest absolute Gasteiger partial charge is 0.393 e. The van der Waals surface area contributed by atoms with Crippen molar-refractivity contribution in [2.24, 2.45) is 0 Å². The number of nitrogens with one attached hydrogen (secondary N) is 1. The Bertz CT molecular complexity index is 661. The number of carbonyl (C=O) groups is 1. The third-order valence-corrected chi connectivity index (χ3v) is 2.93. The van der Waals surface area contributed by atoms with E-state index in [2.05, 4.69) is 15.1 Å². The van der Waals surface area contributed by atoms with Crippen LogP contribution in [-0.4, -0.2) is 43.2 Å². The van der Waals surface area contributed by atoms with E-state index in [0.717, 1.165) is 4.52 Å². The third-order valence-electron chi connectivity index (χ3n) is 2.93. The van der Waals surface area contributed by atoms with Crippen molar-refractivity contribution in [2.75, 3.05) is 6.61 Å². The number of fused-ring (bicyclic) bond motifs is 1. The number of hydrogen-bond donors (Lipinski definition) is 2. The van der Waals surface area contributed by atoms with Crippen molar-refractivity contribution in [2.45, 2.75) is 18.6 Å². The van der Waals surface area contributed by atoms with Gasteiger partial charge < -0.3 is 9.84 Å². The molecule has 3 heterocycles. The van der Waals surface area contributed by atoms with Crippen LogP contribution >= 0.6 is 0 Å². The number of ether oxygens (including phenoxy) is 1. The lowest BCUT2D eigenvalue weighted by atomic mass is 10.1. The molecule has 0 aromatic carbocycles. The van der Waals surface area contributed by atoms with E-state index in [1.165, 1.54) is 12.5 Å². The molecule has 0 bridgehead atoms. The molecule has 1 unspecified atom stereocenters. The Morgan fingerprint density at radius 3 is 3.11 bits per heavy atom. The average molecular weight is 250 g/mol. The summed E-state index contributed by atoms with van der Waals surface area (Å²) in [5.41, 5.74) is 0.523. The van der Waals surface area contributed by atoms with E-state index in [9.17, 15) is 9.59 Å². The number of aliphatic hydroxyl groups is 1. The number of hydrogen-bond acceptors (Lipinski definition) is 6. The second-order valence-corrected chi connectivity index (χ2v) is 4.01. The fourth-order valence-electron chi connectivity index (χ4n) is 2.03. The van der Waals surface area contributed by atoms with Crippen LogP contribution in [0.25, 0.3) is 5.65 Å². The molecule has 1 aliphatic heterocycles. The zero-order chi connectivity index (χ0) is 12.7. The quantitative estimate of drug-likeness (QED) is 0.693. The normalized spacial score (nSPS) is 23.9. The smallest absolute Gasteiger partial charge is 0.349 e. The summed E-state index contributed by atoms with van der Waals surface area (Å²) in [7, 11) is 0. The lowest BCUT2D eigenvalue weighted by Crippen LogP contribution is -2.19. The first-order valence-corrected chi connectivity index (χ1v) is 5.41. The Morgan fingerprint density at radius 2 is 2.39 bits per heavy atom. The minimum atomic E-state index is -0.799. The molecule has 2 atom stereocenters. The number of carbonyl (C=O) groups excluding carboxylic acids is 1. The Morgan fingerprint density at radius 1 is 1.56 bits per heavy atom. The Kier molecular flexibility index (Phi) is 2.46. The first kappa shape index (κ1) is 11.1. The van der Waals surface area contributed by atoms with Crippen LogP contribution in [-0.2, 0) is 9.53 Å². The predicted octanol–water partition coefficient (Wildman–Crippen LogP) is -1.19. The maximum absolute atomic E-state index is 11.5. The maximum atomic E-state index is 11.5. The van der Waals surface area contributed by atoms with Gasteiger partial charge in [-0.1, -0.05) is 0 Å². The summed E-state index contributed by atoms with van der Waals surface area (Å²) in [6.07, 6.45) is 1.56. The SMILES string of the molecule is O=C1C[C@H](c2cnn3c(=O)[nH]cnc23)OC1CO. The minimum absolute atomic E-state index is 0.154. The van der Waals surface area contributed by atoms with E-state index in [4.69, 9.17) is 9.84 Å². The van der Waals surface area contributed by atoms with Crippen molar-refractivity contribution < 1.29 is 14.6 Å². The molecular weight excluding hydrogens is 240 g/mol. The highest BCUT2D eigenvalue weighted by atomic mass is 16.5. The van der Waals surface area contributed by atoms with Gasteiger partial charge in [0.15, 0.2) is 11.4 Å². The second-order valence-electron chi connectivity index (χ2n) is 4.01. The van der Waals surface area contributed by atoms with E-state index in [0.29, 0.717) is 11.2 Å². The molecule has 3 rings (SSSR count). The predicted molar refractivity (Wildman–Crippen MR) is 57.9 cm³/mol. The Hall–Kier alpha value is -2.06. The summed E-state index contributed by atoms with van der Waals surface area (Å²) >= 11 is 0. The summed E-state index contributed by atoms with van der Waals surface area (Å²) in [5.74, 6) is -0.160. The van der Waals surface area contributed by atoms with Gasteiger partial charge in [-0.15, -0.1) is 0 Å². The van der Waals surface area contributed by atoms with Gasteiger partial charge in [-0.25, -0.2) is 9.78 Å². The van der Waals surface area contributed by atoms with Crippen LogP contribution < -0.4 is 5.69 Å². The van der Waals surface area contributed by atoms with Gasteiger partial charge in [0.05, 0.1) is 25.2 Å². The molecule has 1 saturated heterocycles. The van der Waals surface area contributed by atoms with Crippen LogP contribution in [0, 0.1) is 0 Å². The molecule has 2 aromatic rings. The van der Waals surface area contributed by atoms with Gasteiger partial charge in [0, 0.05) is 12.0 Å². The second kappa shape index (κ2) is 4.00. The first-order chi connectivity index (χ1) is 8.70. The molecule has 0 spiro atoms. The van der Waals surface area contributed by atoms with E-state index < -0.39 is 17.9 Å². The van der Waals surface area contributed by atoms with E-state index in [1.54, 1.807) is 0 Å². The Labute approximate surface area is 100 Å². The molecule has 0 radical (unpaired) electrons. The molecule has 0 saturated carbocycles. The van der Waals surface area contributed by atoms with Crippen molar-refractivity contribution >= 4 is 11.4 Å². The lowest BCUT2D eigenvalue weighted by Gasteiger charge is -2.08. The number of H-pyrrole nitrogens is 1. The fraction of sp³-hybridized carbons (Fsp3) is 0.400. The van der Waals surface area contributed by atoms with Crippen molar-refractivity contribution in [1.82, 2.24) is 19.6 Å². The number of ketones is 1. The van der Waals surface area contributed by atoms with Crippen LogP contribution in [0.4, 0.5) is 0 Å². The van der Waals surface area contributed by atoms with E-state index in [1.807, 2.05) is 0 Å². The van der Waals surface area contributed by atoms with Crippen LogP contribution in [0.2, 0.25) is 0 Å². The van der Waals surface area contributed by atoms with Gasteiger partial charge in [-0.2, -0.15) is 9.61 Å². The van der Waals surface area contributed by atoms with Gasteiger partial charge in [0.2, 0.25) is 0 Å². The molecule has 1 fully saturated rings. The van der Waals surface area contributed by atoms with Gasteiger partial charge in [-0.05, 0) is 0 Å². The standard InChI is InChI=1S/C10H10N4O4/c15-3-8-6(16)1-7(18-8)5-2-13-14-9(5)11-4-12-10(14)17/h2,4,7-8,15H,1,3H2,(H,11,12,17)/t7-,8?/m1/s1. The number of nitrogens with zero attached hydrogens (tertiary/aromatic N) is 3. The molecule has 2 aromatic heterocycles. The first-order valence-electron chi connectivity index (χ1n) is 5.41. The van der Waals surface area contributed by atoms with Gasteiger partial charge in [0.1, 0.15) is 6.10 Å². The topological polar surface area (TPSA) is 110 Å². The highest BCUT2D eigenvalue weighted by molar-refractivity contribution is 5.85. The number of aromatic amines is 1. The van der Waals surface area contributed by atoms with Crippen molar-refractivity contribution in [1.29, 1.82) is 0 Å². The van der Waals surface area contributed by atoms with E-state index >= 15 is 0 Å². The number of Topliss-reactive ketones (excluding diaryl/α,β-unsaturated/α-hetero) is 1. The van der Waals surface area contributed by atoms with Gasteiger partial charge in [0.25, 0.3) is 0 Å². The van der Waals surface area contributed by atoms with Crippen LogP contribution in [0.3, 0.4) is 0 Å². The number of aliphatic hydroxyl groups excluding tert-OH is 1. The molecule has 2 N–H and O–H groups in total. The van der Waals surface area contributed by atoms with Crippen molar-refractivity contribution in [3.05, 3.63) is 28.6 Å². The molecule has 1 aliphatic rings. The number of rotatable bonds is 2. The maximum Gasteiger partial charge on any atom is 0.349 e. The molecule has 18 heavy (non-hydrogen) atoms. The monoisotopic (exact) mass is 250 g/mol. The highest BCUT2D eigenvalue weighted by Gasteiger charge is 2.35. The highest BCUT2D eigenvalue weighted by Crippen LogP contribution is 2.31. The minimum Gasteiger partial charge on any atom is -0.393 e. The lowest BCUT2D eigenvalue weighted by molar-refractivity contribution is -0.124. The fourth-order valence-corrected chi connectivity index (χ4v) is 2.03. The molecular formula is C10H10N4O4. The van der Waals surface area contributed by atoms with Gasteiger partial charge in [-0.3, -0.25) is 9.78 Å². The molecule has 8 nitrogen and oxygen atoms in total. The summed E-state index contributed by atoms with van der Waals surface area (Å²) in [4.78, 5) is 29.4.